The first-order valence-corrected chi connectivity index (χ1v) is 8.55. The Kier molecular flexibility index (Phi) is 6.52. The third-order valence-corrected chi connectivity index (χ3v) is 4.66. The van der Waals surface area contributed by atoms with Gasteiger partial charge in [-0.25, -0.2) is 13.1 Å². The highest BCUT2D eigenvalue weighted by Gasteiger charge is 2.13. The molecule has 1 N–H and O–H groups in total. The molecule has 19 heavy (non-hydrogen) atoms. The standard InChI is InChI=1S/C15H25NO2S/c1-4-5-6-7-12-16-19(17,18)15-10-8-14(9-11-15)13(2)3/h8-11,13,16H,4-7,12H2,1-3H3. The van der Waals surface area contributed by atoms with Crippen LogP contribution in [0.15, 0.2) is 29.2 Å². The number of unbranched alkanes of at least 4 members (excludes halogenated alkanes) is 3. The molecule has 0 saturated heterocycles. The zero-order chi connectivity index (χ0) is 14.3. The molecule has 0 radical (unpaired) electrons. The highest BCUT2D eigenvalue weighted by atomic mass is 32.2. The molecule has 0 aliphatic rings. The maximum atomic E-state index is 12.0. The highest BCUT2D eigenvalue weighted by Crippen LogP contribution is 2.17. The Morgan fingerprint density at radius 1 is 1.05 bits per heavy atom. The molecule has 3 nitrogen and oxygen atoms in total. The van der Waals surface area contributed by atoms with Gasteiger partial charge in [-0.15, -0.1) is 0 Å². The molecule has 0 atom stereocenters. The van der Waals surface area contributed by atoms with Crippen molar-refractivity contribution < 1.29 is 8.42 Å². The smallest absolute Gasteiger partial charge is 0.211 e. The van der Waals surface area contributed by atoms with Crippen molar-refractivity contribution in [3.05, 3.63) is 29.8 Å². The van der Waals surface area contributed by atoms with Crippen LogP contribution < -0.4 is 4.72 Å². The third-order valence-electron chi connectivity index (χ3n) is 3.18. The summed E-state index contributed by atoms with van der Waals surface area (Å²) in [7, 11) is -3.34. The zero-order valence-corrected chi connectivity index (χ0v) is 13.0. The summed E-state index contributed by atoms with van der Waals surface area (Å²) in [5.74, 6) is 0.416. The van der Waals surface area contributed by atoms with Gasteiger partial charge < -0.3 is 0 Å². The first-order chi connectivity index (χ1) is 8.97. The van der Waals surface area contributed by atoms with E-state index in [0.717, 1.165) is 31.2 Å². The third kappa shape index (κ3) is 5.33. The van der Waals surface area contributed by atoms with E-state index in [0.29, 0.717) is 17.4 Å². The molecule has 0 saturated carbocycles. The average molecular weight is 283 g/mol. The van der Waals surface area contributed by atoms with Crippen LogP contribution in [-0.4, -0.2) is 15.0 Å². The van der Waals surface area contributed by atoms with Crippen molar-refractivity contribution in [2.45, 2.75) is 57.3 Å². The van der Waals surface area contributed by atoms with Gasteiger partial charge in [-0.1, -0.05) is 52.2 Å². The van der Waals surface area contributed by atoms with E-state index in [2.05, 4.69) is 25.5 Å². The van der Waals surface area contributed by atoms with E-state index in [9.17, 15) is 8.42 Å². The molecule has 0 unspecified atom stereocenters. The van der Waals surface area contributed by atoms with Crippen molar-refractivity contribution >= 4 is 10.0 Å². The quantitative estimate of drug-likeness (QED) is 0.740. The van der Waals surface area contributed by atoms with Crippen LogP contribution in [0, 0.1) is 0 Å². The summed E-state index contributed by atoms with van der Waals surface area (Å²) in [6.07, 6.45) is 4.29. The van der Waals surface area contributed by atoms with E-state index in [4.69, 9.17) is 0 Å². The second-order valence-corrected chi connectivity index (χ2v) is 6.95. The fourth-order valence-corrected chi connectivity index (χ4v) is 2.95. The Labute approximate surface area is 117 Å². The Bertz CT molecular complexity index is 463. The maximum Gasteiger partial charge on any atom is 0.240 e. The van der Waals surface area contributed by atoms with Crippen molar-refractivity contribution in [1.82, 2.24) is 4.72 Å². The average Bonchev–Trinajstić information content (AvgIpc) is 2.38. The zero-order valence-electron chi connectivity index (χ0n) is 12.1. The molecule has 0 spiro atoms. The van der Waals surface area contributed by atoms with Crippen LogP contribution in [0.25, 0.3) is 0 Å². The molecule has 0 amide bonds. The molecule has 0 fully saturated rings. The Hall–Kier alpha value is -0.870. The molecule has 4 heteroatoms. The van der Waals surface area contributed by atoms with Crippen LogP contribution in [0.1, 0.15) is 57.9 Å². The van der Waals surface area contributed by atoms with Crippen LogP contribution in [0.3, 0.4) is 0 Å². The highest BCUT2D eigenvalue weighted by molar-refractivity contribution is 7.89. The Balaban J connectivity index is 2.57. The molecular weight excluding hydrogens is 258 g/mol. The van der Waals surface area contributed by atoms with Gasteiger partial charge >= 0.3 is 0 Å². The van der Waals surface area contributed by atoms with Gasteiger partial charge in [-0.05, 0) is 30.0 Å². The SMILES string of the molecule is CCCCCCNS(=O)(=O)c1ccc(C(C)C)cc1. The van der Waals surface area contributed by atoms with E-state index in [-0.39, 0.29) is 0 Å². The lowest BCUT2D eigenvalue weighted by Crippen LogP contribution is -2.24. The molecule has 1 aromatic carbocycles. The number of benzene rings is 1. The minimum absolute atomic E-state index is 0.354. The number of hydrogen-bond donors (Lipinski definition) is 1. The molecule has 1 aromatic rings. The predicted octanol–water partition coefficient (Wildman–Crippen LogP) is 3.67. The second kappa shape index (κ2) is 7.65. The minimum Gasteiger partial charge on any atom is -0.211 e. The fourth-order valence-electron chi connectivity index (χ4n) is 1.87. The van der Waals surface area contributed by atoms with Crippen molar-refractivity contribution in [2.75, 3.05) is 6.54 Å². The monoisotopic (exact) mass is 283 g/mol. The maximum absolute atomic E-state index is 12.0. The van der Waals surface area contributed by atoms with Crippen LogP contribution in [-0.2, 0) is 10.0 Å². The first-order valence-electron chi connectivity index (χ1n) is 7.07. The number of nitrogens with one attached hydrogen (secondary N) is 1. The summed E-state index contributed by atoms with van der Waals surface area (Å²) in [6.45, 7) is 6.85. The lowest BCUT2D eigenvalue weighted by Gasteiger charge is -2.09. The minimum atomic E-state index is -3.34. The van der Waals surface area contributed by atoms with Crippen molar-refractivity contribution in [3.63, 3.8) is 0 Å². The molecule has 0 aliphatic carbocycles. The van der Waals surface area contributed by atoms with Crippen LogP contribution in [0.2, 0.25) is 0 Å². The second-order valence-electron chi connectivity index (χ2n) is 5.18. The van der Waals surface area contributed by atoms with Crippen LogP contribution in [0.5, 0.6) is 0 Å². The summed E-state index contributed by atoms with van der Waals surface area (Å²) in [5.41, 5.74) is 1.15. The topological polar surface area (TPSA) is 46.2 Å². The molecular formula is C15H25NO2S. The lowest BCUT2D eigenvalue weighted by atomic mass is 10.0. The van der Waals surface area contributed by atoms with Gasteiger partial charge in [0.15, 0.2) is 0 Å². The predicted molar refractivity (Wildman–Crippen MR) is 79.9 cm³/mol. The van der Waals surface area contributed by atoms with Crippen LogP contribution >= 0.6 is 0 Å². The summed E-state index contributed by atoms with van der Waals surface area (Å²) in [5, 5.41) is 0. The lowest BCUT2D eigenvalue weighted by molar-refractivity contribution is 0.573. The molecule has 0 aromatic heterocycles. The Morgan fingerprint density at radius 2 is 1.68 bits per heavy atom. The largest absolute Gasteiger partial charge is 0.240 e. The van der Waals surface area contributed by atoms with Gasteiger partial charge in [0, 0.05) is 6.54 Å². The summed E-state index contributed by atoms with van der Waals surface area (Å²) >= 11 is 0. The first kappa shape index (κ1) is 16.2. The van der Waals surface area contributed by atoms with Gasteiger partial charge in [0.05, 0.1) is 4.90 Å². The van der Waals surface area contributed by atoms with Crippen molar-refractivity contribution in [1.29, 1.82) is 0 Å². The van der Waals surface area contributed by atoms with Gasteiger partial charge in [-0.2, -0.15) is 0 Å². The fraction of sp³-hybridized carbons (Fsp3) is 0.600. The van der Waals surface area contributed by atoms with Crippen molar-refractivity contribution in [2.24, 2.45) is 0 Å². The molecule has 108 valence electrons. The molecule has 1 rings (SSSR count). The Morgan fingerprint density at radius 3 is 2.21 bits per heavy atom. The van der Waals surface area contributed by atoms with E-state index in [1.165, 1.54) is 0 Å². The number of hydrogen-bond acceptors (Lipinski definition) is 2. The van der Waals surface area contributed by atoms with Gasteiger partial charge in [0.25, 0.3) is 0 Å². The summed E-state index contributed by atoms with van der Waals surface area (Å²) < 4.78 is 26.7. The molecule has 0 aliphatic heterocycles. The van der Waals surface area contributed by atoms with E-state index in [1.54, 1.807) is 12.1 Å². The number of rotatable bonds is 8. The van der Waals surface area contributed by atoms with E-state index in [1.807, 2.05) is 12.1 Å². The molecule has 0 heterocycles. The number of sulfonamides is 1. The van der Waals surface area contributed by atoms with E-state index < -0.39 is 10.0 Å². The molecule has 0 bridgehead atoms. The normalized spacial score (nSPS) is 12.0. The van der Waals surface area contributed by atoms with Crippen LogP contribution in [0.4, 0.5) is 0 Å². The van der Waals surface area contributed by atoms with Gasteiger partial charge in [-0.3, -0.25) is 0 Å². The summed E-state index contributed by atoms with van der Waals surface area (Å²) in [4.78, 5) is 0.354. The van der Waals surface area contributed by atoms with E-state index >= 15 is 0 Å². The van der Waals surface area contributed by atoms with Gasteiger partial charge in [0.1, 0.15) is 0 Å². The summed E-state index contributed by atoms with van der Waals surface area (Å²) in [6, 6.07) is 7.14. The van der Waals surface area contributed by atoms with Crippen molar-refractivity contribution in [3.8, 4) is 0 Å². The van der Waals surface area contributed by atoms with Gasteiger partial charge in [0.2, 0.25) is 10.0 Å².